The van der Waals surface area contributed by atoms with Gasteiger partial charge in [0.25, 0.3) is 0 Å². The maximum absolute atomic E-state index is 4.18. The molecule has 2 heterocycles. The number of rotatable bonds is 4. The summed E-state index contributed by atoms with van der Waals surface area (Å²) < 4.78 is 0. The standard InChI is InChI=1S/C15H25N3/c1-4-15(3)12-18(13(2)10-17-15)9-7-14-6-5-8-16-11-14/h5-6,8,11,13,17H,4,7,9-10,12H2,1-3H3. The first-order valence-electron chi connectivity index (χ1n) is 7.01. The summed E-state index contributed by atoms with van der Waals surface area (Å²) in [4.78, 5) is 6.79. The van der Waals surface area contributed by atoms with Crippen LogP contribution in [0.2, 0.25) is 0 Å². The molecule has 18 heavy (non-hydrogen) atoms. The number of piperazine rings is 1. The van der Waals surface area contributed by atoms with Gasteiger partial charge in [0.2, 0.25) is 0 Å². The monoisotopic (exact) mass is 247 g/mol. The predicted octanol–water partition coefficient (Wildman–Crippen LogP) is 2.09. The van der Waals surface area contributed by atoms with Gasteiger partial charge in [0.05, 0.1) is 0 Å². The number of nitrogens with zero attached hydrogens (tertiary/aromatic N) is 2. The minimum absolute atomic E-state index is 0.279. The van der Waals surface area contributed by atoms with E-state index in [1.54, 1.807) is 0 Å². The van der Waals surface area contributed by atoms with Crippen molar-refractivity contribution in [3.8, 4) is 0 Å². The summed E-state index contributed by atoms with van der Waals surface area (Å²) in [5.74, 6) is 0. The molecular formula is C15H25N3. The molecule has 1 saturated heterocycles. The average molecular weight is 247 g/mol. The van der Waals surface area contributed by atoms with E-state index >= 15 is 0 Å². The van der Waals surface area contributed by atoms with Gasteiger partial charge in [0, 0.05) is 43.6 Å². The van der Waals surface area contributed by atoms with Crippen molar-refractivity contribution in [1.82, 2.24) is 15.2 Å². The van der Waals surface area contributed by atoms with Crippen molar-refractivity contribution < 1.29 is 0 Å². The lowest BCUT2D eigenvalue weighted by molar-refractivity contribution is 0.0943. The molecule has 1 N–H and O–H groups in total. The van der Waals surface area contributed by atoms with Crippen LogP contribution in [-0.2, 0) is 6.42 Å². The second-order valence-electron chi connectivity index (χ2n) is 5.73. The third-order valence-corrected chi connectivity index (χ3v) is 4.19. The van der Waals surface area contributed by atoms with Crippen molar-refractivity contribution in [2.75, 3.05) is 19.6 Å². The third-order valence-electron chi connectivity index (χ3n) is 4.19. The van der Waals surface area contributed by atoms with Gasteiger partial charge in [-0.2, -0.15) is 0 Å². The number of hydrogen-bond donors (Lipinski definition) is 1. The van der Waals surface area contributed by atoms with Gasteiger partial charge >= 0.3 is 0 Å². The van der Waals surface area contributed by atoms with Crippen molar-refractivity contribution in [3.63, 3.8) is 0 Å². The normalized spacial score (nSPS) is 29.4. The van der Waals surface area contributed by atoms with E-state index < -0.39 is 0 Å². The fourth-order valence-electron chi connectivity index (χ4n) is 2.54. The average Bonchev–Trinajstić information content (AvgIpc) is 2.41. The molecule has 2 atom stereocenters. The second kappa shape index (κ2) is 5.81. The minimum Gasteiger partial charge on any atom is -0.309 e. The molecule has 0 saturated carbocycles. The zero-order valence-electron chi connectivity index (χ0n) is 11.8. The number of pyridine rings is 1. The van der Waals surface area contributed by atoms with Crippen molar-refractivity contribution in [1.29, 1.82) is 0 Å². The molecule has 1 aliphatic heterocycles. The molecule has 0 radical (unpaired) electrons. The fraction of sp³-hybridized carbons (Fsp3) is 0.667. The lowest BCUT2D eigenvalue weighted by atomic mass is 9.93. The van der Waals surface area contributed by atoms with Crippen molar-refractivity contribution in [2.45, 2.75) is 45.2 Å². The van der Waals surface area contributed by atoms with Crippen molar-refractivity contribution in [2.24, 2.45) is 0 Å². The van der Waals surface area contributed by atoms with Crippen LogP contribution in [0, 0.1) is 0 Å². The van der Waals surface area contributed by atoms with Crippen LogP contribution < -0.4 is 5.32 Å². The lowest BCUT2D eigenvalue weighted by Crippen LogP contribution is -2.62. The highest BCUT2D eigenvalue weighted by atomic mass is 15.2. The zero-order valence-corrected chi connectivity index (χ0v) is 11.8. The Hall–Kier alpha value is -0.930. The van der Waals surface area contributed by atoms with E-state index in [4.69, 9.17) is 0 Å². The Bertz CT molecular complexity index is 365. The minimum atomic E-state index is 0.279. The highest BCUT2D eigenvalue weighted by Crippen LogP contribution is 2.18. The van der Waals surface area contributed by atoms with Gasteiger partial charge < -0.3 is 5.32 Å². The molecular weight excluding hydrogens is 222 g/mol. The molecule has 0 spiro atoms. The van der Waals surface area contributed by atoms with Crippen LogP contribution in [0.25, 0.3) is 0 Å². The molecule has 3 nitrogen and oxygen atoms in total. The molecule has 3 heteroatoms. The molecule has 0 aromatic carbocycles. The molecule has 0 bridgehead atoms. The van der Waals surface area contributed by atoms with E-state index in [-0.39, 0.29) is 5.54 Å². The van der Waals surface area contributed by atoms with E-state index in [2.05, 4.69) is 42.0 Å². The van der Waals surface area contributed by atoms with Gasteiger partial charge in [0.15, 0.2) is 0 Å². The highest BCUT2D eigenvalue weighted by Gasteiger charge is 2.31. The topological polar surface area (TPSA) is 28.2 Å². The van der Waals surface area contributed by atoms with Gasteiger partial charge in [-0.3, -0.25) is 9.88 Å². The third kappa shape index (κ3) is 3.30. The first-order valence-corrected chi connectivity index (χ1v) is 7.01. The first kappa shape index (κ1) is 13.5. The first-order chi connectivity index (χ1) is 8.63. The Morgan fingerprint density at radius 2 is 2.39 bits per heavy atom. The Balaban J connectivity index is 1.91. The molecule has 1 aliphatic rings. The largest absolute Gasteiger partial charge is 0.309 e. The van der Waals surface area contributed by atoms with Gasteiger partial charge in [0.1, 0.15) is 0 Å². The van der Waals surface area contributed by atoms with Crippen LogP contribution >= 0.6 is 0 Å². The predicted molar refractivity (Wildman–Crippen MR) is 75.7 cm³/mol. The maximum atomic E-state index is 4.18. The molecule has 1 aromatic heterocycles. The SMILES string of the molecule is CCC1(C)CN(CCc2cccnc2)C(C)CN1. The van der Waals surface area contributed by atoms with Crippen LogP contribution in [0.1, 0.15) is 32.8 Å². The molecule has 0 aliphatic carbocycles. The summed E-state index contributed by atoms with van der Waals surface area (Å²) >= 11 is 0. The van der Waals surface area contributed by atoms with E-state index in [9.17, 15) is 0 Å². The Morgan fingerprint density at radius 3 is 3.06 bits per heavy atom. The Kier molecular flexibility index (Phi) is 4.36. The van der Waals surface area contributed by atoms with Crippen LogP contribution in [0.3, 0.4) is 0 Å². The summed E-state index contributed by atoms with van der Waals surface area (Å²) in [6.45, 7) is 10.3. The van der Waals surface area contributed by atoms with Gasteiger partial charge in [-0.25, -0.2) is 0 Å². The van der Waals surface area contributed by atoms with Gasteiger partial charge in [-0.15, -0.1) is 0 Å². The van der Waals surface area contributed by atoms with Crippen molar-refractivity contribution >= 4 is 0 Å². The van der Waals surface area contributed by atoms with E-state index in [1.165, 1.54) is 12.0 Å². The fourth-order valence-corrected chi connectivity index (χ4v) is 2.54. The smallest absolute Gasteiger partial charge is 0.0300 e. The summed E-state index contributed by atoms with van der Waals surface area (Å²) in [5, 5.41) is 3.67. The van der Waals surface area contributed by atoms with Crippen LogP contribution in [-0.4, -0.2) is 41.1 Å². The second-order valence-corrected chi connectivity index (χ2v) is 5.73. The molecule has 0 amide bonds. The van der Waals surface area contributed by atoms with Crippen LogP contribution in [0.5, 0.6) is 0 Å². The molecule has 1 aromatic rings. The van der Waals surface area contributed by atoms with Crippen molar-refractivity contribution in [3.05, 3.63) is 30.1 Å². The van der Waals surface area contributed by atoms with Gasteiger partial charge in [-0.05, 0) is 38.3 Å². The number of nitrogens with one attached hydrogen (secondary N) is 1. The Morgan fingerprint density at radius 1 is 1.56 bits per heavy atom. The van der Waals surface area contributed by atoms with Crippen LogP contribution in [0.15, 0.2) is 24.5 Å². The van der Waals surface area contributed by atoms with E-state index in [0.29, 0.717) is 6.04 Å². The lowest BCUT2D eigenvalue weighted by Gasteiger charge is -2.45. The van der Waals surface area contributed by atoms with E-state index in [0.717, 1.165) is 26.1 Å². The van der Waals surface area contributed by atoms with Crippen LogP contribution in [0.4, 0.5) is 0 Å². The number of hydrogen-bond acceptors (Lipinski definition) is 3. The number of aromatic nitrogens is 1. The highest BCUT2D eigenvalue weighted by molar-refractivity contribution is 5.09. The summed E-state index contributed by atoms with van der Waals surface area (Å²) in [5.41, 5.74) is 1.61. The molecule has 1 fully saturated rings. The summed E-state index contributed by atoms with van der Waals surface area (Å²) in [7, 11) is 0. The quantitative estimate of drug-likeness (QED) is 0.883. The molecule has 2 unspecified atom stereocenters. The van der Waals surface area contributed by atoms with Gasteiger partial charge in [-0.1, -0.05) is 13.0 Å². The summed E-state index contributed by atoms with van der Waals surface area (Å²) in [6, 6.07) is 4.81. The molecule has 2 rings (SSSR count). The summed E-state index contributed by atoms with van der Waals surface area (Å²) in [6.07, 6.45) is 6.10. The van der Waals surface area contributed by atoms with E-state index in [1.807, 2.05) is 18.5 Å². The zero-order chi connectivity index (χ0) is 13.0. The molecule has 100 valence electrons. The maximum Gasteiger partial charge on any atom is 0.0300 e. The Labute approximate surface area is 111 Å².